The topological polar surface area (TPSA) is 102 Å². The van der Waals surface area contributed by atoms with E-state index in [-0.39, 0.29) is 11.1 Å². The van der Waals surface area contributed by atoms with Gasteiger partial charge in [0.2, 0.25) is 0 Å². The van der Waals surface area contributed by atoms with Gasteiger partial charge in [0.15, 0.2) is 18.5 Å². The highest BCUT2D eigenvalue weighted by Crippen LogP contribution is 2.36. The molecule has 4 atom stereocenters. The van der Waals surface area contributed by atoms with Crippen LogP contribution < -0.4 is 0 Å². The van der Waals surface area contributed by atoms with E-state index in [0.717, 1.165) is 0 Å². The fraction of sp³-hybridized carbons (Fsp3) is 0.300. The molecule has 0 radical (unpaired) electrons. The second-order valence-electron chi connectivity index (χ2n) is 6.34. The van der Waals surface area contributed by atoms with Crippen LogP contribution in [-0.4, -0.2) is 59.3 Å². The molecule has 0 bridgehead atoms. The molecule has 3 rings (SSSR count). The van der Waals surface area contributed by atoms with Crippen molar-refractivity contribution in [2.75, 3.05) is 6.61 Å². The zero-order chi connectivity index (χ0) is 21.0. The Kier molecular flexibility index (Phi) is 6.21. The summed E-state index contributed by atoms with van der Waals surface area (Å²) in [6, 6.07) is 15.2. The van der Waals surface area contributed by atoms with Crippen LogP contribution in [0.15, 0.2) is 60.7 Å². The van der Waals surface area contributed by atoms with Gasteiger partial charge < -0.3 is 24.4 Å². The third kappa shape index (κ3) is 4.58. The van der Waals surface area contributed by atoms with E-state index in [1.165, 1.54) is 36.4 Å². The number of aliphatic hydroxyl groups is 2. The maximum Gasteiger partial charge on any atom is 0.338 e. The first-order chi connectivity index (χ1) is 13.8. The maximum absolute atomic E-state index is 14.6. The number of aliphatic hydroxyl groups excluding tert-OH is 2. The third-order valence-corrected chi connectivity index (χ3v) is 4.33. The minimum Gasteiger partial charge on any atom is -0.459 e. The van der Waals surface area contributed by atoms with Gasteiger partial charge in [-0.15, -0.1) is 0 Å². The number of hydrogen-bond acceptors (Lipinski definition) is 7. The van der Waals surface area contributed by atoms with Crippen molar-refractivity contribution in [3.8, 4) is 0 Å². The molecule has 2 N–H and O–H groups in total. The summed E-state index contributed by atoms with van der Waals surface area (Å²) in [5.41, 5.74) is 0.178. The van der Waals surface area contributed by atoms with Crippen molar-refractivity contribution in [2.45, 2.75) is 30.5 Å². The molecule has 2 aromatic carbocycles. The van der Waals surface area contributed by atoms with Gasteiger partial charge in [-0.1, -0.05) is 36.4 Å². The molecule has 1 heterocycles. The van der Waals surface area contributed by atoms with Gasteiger partial charge in [-0.25, -0.2) is 9.59 Å². The zero-order valence-corrected chi connectivity index (χ0v) is 15.0. The number of carbonyl (C=O) groups is 2. The molecule has 1 aliphatic heterocycles. The summed E-state index contributed by atoms with van der Waals surface area (Å²) in [6.07, 6.45) is -8.88. The summed E-state index contributed by atoms with van der Waals surface area (Å²) in [5, 5.41) is 19.2. The standard InChI is InChI=1S/C20H18F2O7/c21-20(22)15(23)19(26)28-14(11-27-17(24)12-7-3-1-4-8-12)16(20)29-18(25)13-9-5-2-6-10-13/h1-10,14-16,19,23,26H,11H2/t14-,15+,16-,19-/m1/s1. The second kappa shape index (κ2) is 8.64. The number of alkyl halides is 2. The van der Waals surface area contributed by atoms with E-state index in [1.54, 1.807) is 24.3 Å². The fourth-order valence-electron chi connectivity index (χ4n) is 2.79. The molecule has 1 fully saturated rings. The van der Waals surface area contributed by atoms with Gasteiger partial charge in [0, 0.05) is 0 Å². The molecule has 0 amide bonds. The molecule has 1 saturated heterocycles. The average molecular weight is 408 g/mol. The Bertz CT molecular complexity index is 844. The SMILES string of the molecule is O=C(OC[C@H]1O[C@@H](O)[C@H](O)C(F)(F)[C@@H]1OC(=O)c1ccccc1)c1ccccc1. The molecule has 2 aromatic rings. The van der Waals surface area contributed by atoms with Crippen molar-refractivity contribution >= 4 is 11.9 Å². The van der Waals surface area contributed by atoms with Crippen molar-refractivity contribution in [1.29, 1.82) is 0 Å². The second-order valence-corrected chi connectivity index (χ2v) is 6.34. The number of esters is 2. The minimum atomic E-state index is -4.05. The van der Waals surface area contributed by atoms with Crippen LogP contribution in [0.1, 0.15) is 20.7 Å². The van der Waals surface area contributed by atoms with Crippen LogP contribution in [0.25, 0.3) is 0 Å². The summed E-state index contributed by atoms with van der Waals surface area (Å²) in [7, 11) is 0. The highest BCUT2D eigenvalue weighted by Gasteiger charge is 2.60. The lowest BCUT2D eigenvalue weighted by atomic mass is 9.97. The van der Waals surface area contributed by atoms with Crippen molar-refractivity contribution in [2.24, 2.45) is 0 Å². The van der Waals surface area contributed by atoms with Crippen molar-refractivity contribution in [3.63, 3.8) is 0 Å². The molecule has 0 spiro atoms. The monoisotopic (exact) mass is 408 g/mol. The van der Waals surface area contributed by atoms with Crippen molar-refractivity contribution in [3.05, 3.63) is 71.8 Å². The first-order valence-corrected chi connectivity index (χ1v) is 8.68. The molecule has 0 aromatic heterocycles. The number of ether oxygens (including phenoxy) is 3. The zero-order valence-electron chi connectivity index (χ0n) is 15.0. The summed E-state index contributed by atoms with van der Waals surface area (Å²) >= 11 is 0. The lowest BCUT2D eigenvalue weighted by Crippen LogP contribution is -2.64. The van der Waals surface area contributed by atoms with Crippen LogP contribution in [0.2, 0.25) is 0 Å². The molecule has 154 valence electrons. The maximum atomic E-state index is 14.6. The Balaban J connectivity index is 1.76. The Morgan fingerprint density at radius 2 is 1.45 bits per heavy atom. The molecule has 1 aliphatic rings. The highest BCUT2D eigenvalue weighted by atomic mass is 19.3. The summed E-state index contributed by atoms with van der Waals surface area (Å²) in [4.78, 5) is 24.3. The summed E-state index contributed by atoms with van der Waals surface area (Å²) < 4.78 is 44.0. The lowest BCUT2D eigenvalue weighted by Gasteiger charge is -2.41. The Morgan fingerprint density at radius 1 is 0.931 bits per heavy atom. The van der Waals surface area contributed by atoms with Gasteiger partial charge in [0.1, 0.15) is 12.7 Å². The fourth-order valence-corrected chi connectivity index (χ4v) is 2.79. The van der Waals surface area contributed by atoms with E-state index < -0.39 is 49.1 Å². The number of benzene rings is 2. The van der Waals surface area contributed by atoms with E-state index in [1.807, 2.05) is 0 Å². The highest BCUT2D eigenvalue weighted by molar-refractivity contribution is 5.90. The van der Waals surface area contributed by atoms with Gasteiger partial charge >= 0.3 is 17.9 Å². The first-order valence-electron chi connectivity index (χ1n) is 8.68. The number of rotatable bonds is 5. The summed E-state index contributed by atoms with van der Waals surface area (Å²) in [5.74, 6) is -5.94. The van der Waals surface area contributed by atoms with Crippen molar-refractivity contribution in [1.82, 2.24) is 0 Å². The molecule has 9 heteroatoms. The van der Waals surface area contributed by atoms with Crippen LogP contribution in [0.3, 0.4) is 0 Å². The molecule has 29 heavy (non-hydrogen) atoms. The third-order valence-electron chi connectivity index (χ3n) is 4.33. The van der Waals surface area contributed by atoms with Crippen LogP contribution in [0.4, 0.5) is 8.78 Å². The van der Waals surface area contributed by atoms with E-state index in [0.29, 0.717) is 0 Å². The van der Waals surface area contributed by atoms with Gasteiger partial charge in [0.25, 0.3) is 0 Å². The minimum absolute atomic E-state index is 0.00365. The lowest BCUT2D eigenvalue weighted by molar-refractivity contribution is -0.334. The molecule has 7 nitrogen and oxygen atoms in total. The van der Waals surface area contributed by atoms with Gasteiger partial charge in [-0.2, -0.15) is 8.78 Å². The Hall–Kier alpha value is -2.88. The molecule has 0 aliphatic carbocycles. The van der Waals surface area contributed by atoms with Crippen LogP contribution >= 0.6 is 0 Å². The van der Waals surface area contributed by atoms with Crippen LogP contribution in [-0.2, 0) is 14.2 Å². The largest absolute Gasteiger partial charge is 0.459 e. The molecule has 0 unspecified atom stereocenters. The van der Waals surface area contributed by atoms with E-state index in [9.17, 15) is 28.6 Å². The van der Waals surface area contributed by atoms with Crippen LogP contribution in [0.5, 0.6) is 0 Å². The van der Waals surface area contributed by atoms with E-state index in [2.05, 4.69) is 0 Å². The Morgan fingerprint density at radius 3 is 2.00 bits per heavy atom. The first kappa shape index (κ1) is 20.8. The number of halogens is 2. The van der Waals surface area contributed by atoms with E-state index >= 15 is 0 Å². The quantitative estimate of drug-likeness (QED) is 0.727. The van der Waals surface area contributed by atoms with Gasteiger partial charge in [-0.3, -0.25) is 0 Å². The Labute approximate surface area is 164 Å². The van der Waals surface area contributed by atoms with E-state index in [4.69, 9.17) is 14.2 Å². The molecular weight excluding hydrogens is 390 g/mol. The van der Waals surface area contributed by atoms with Crippen molar-refractivity contribution < 1.29 is 42.8 Å². The molecular formula is C20H18F2O7. The predicted molar refractivity (Wildman–Crippen MR) is 94.2 cm³/mol. The normalized spacial score (nSPS) is 25.8. The van der Waals surface area contributed by atoms with Gasteiger partial charge in [-0.05, 0) is 24.3 Å². The van der Waals surface area contributed by atoms with Gasteiger partial charge in [0.05, 0.1) is 11.1 Å². The van der Waals surface area contributed by atoms with Crippen LogP contribution in [0, 0.1) is 0 Å². The number of hydrogen-bond donors (Lipinski definition) is 2. The number of carbonyl (C=O) groups excluding carboxylic acids is 2. The average Bonchev–Trinajstić information content (AvgIpc) is 2.74. The predicted octanol–water partition coefficient (Wildman–Crippen LogP) is 1.78. The summed E-state index contributed by atoms with van der Waals surface area (Å²) in [6.45, 7) is -0.736. The molecule has 0 saturated carbocycles. The smallest absolute Gasteiger partial charge is 0.338 e.